The highest BCUT2D eigenvalue weighted by atomic mass is 19.1. The highest BCUT2D eigenvalue weighted by Crippen LogP contribution is 2.43. The number of furan rings is 1. The van der Waals surface area contributed by atoms with E-state index in [9.17, 15) is 9.90 Å². The molecule has 4 atom stereocenters. The van der Waals surface area contributed by atoms with Gasteiger partial charge >= 0.3 is 0 Å². The zero-order chi connectivity index (χ0) is 30.1. The molecule has 8 rings (SSSR count). The van der Waals surface area contributed by atoms with Crippen LogP contribution in [-0.2, 0) is 6.54 Å². The fourth-order valence-electron chi connectivity index (χ4n) is 7.99. The fraction of sp³-hybridized carbons (Fsp3) is 0.412. The van der Waals surface area contributed by atoms with Crippen LogP contribution in [0.1, 0.15) is 54.8 Å². The average Bonchev–Trinajstić information content (AvgIpc) is 3.87. The van der Waals surface area contributed by atoms with Crippen molar-refractivity contribution in [3.05, 3.63) is 71.9 Å². The lowest BCUT2D eigenvalue weighted by Crippen LogP contribution is -2.41. The summed E-state index contributed by atoms with van der Waals surface area (Å²) >= 11 is 0. The van der Waals surface area contributed by atoms with Gasteiger partial charge in [0.05, 0.1) is 41.3 Å². The Morgan fingerprint density at radius 2 is 2.02 bits per heavy atom. The molecule has 1 saturated carbocycles. The van der Waals surface area contributed by atoms with Crippen LogP contribution in [0.4, 0.5) is 10.1 Å². The van der Waals surface area contributed by atoms with Crippen molar-refractivity contribution in [3.63, 3.8) is 0 Å². The van der Waals surface area contributed by atoms with E-state index in [2.05, 4.69) is 40.7 Å². The lowest BCUT2D eigenvalue weighted by molar-refractivity contribution is 0.0700. The Hall–Kier alpha value is -4.15. The first-order valence-electron chi connectivity index (χ1n) is 15.8. The Bertz CT molecular complexity index is 1880. The van der Waals surface area contributed by atoms with E-state index in [0.717, 1.165) is 54.6 Å². The van der Waals surface area contributed by atoms with Gasteiger partial charge in [0.1, 0.15) is 17.1 Å². The van der Waals surface area contributed by atoms with Crippen LogP contribution in [-0.4, -0.2) is 68.4 Å². The SMILES string of the molecule is CCC1CN(CCCO)c2cccc3cc(-c4nc5cc(C(=O)N6C[C@H]7CC[C@@H]6[C@@H]7N)cc(F)c5n4Cc4ccco4)n1c23. The van der Waals surface area contributed by atoms with E-state index < -0.39 is 5.82 Å². The van der Waals surface area contributed by atoms with E-state index in [1.807, 2.05) is 21.6 Å². The number of nitrogens with two attached hydrogens (primary N) is 1. The quantitative estimate of drug-likeness (QED) is 0.257. The van der Waals surface area contributed by atoms with Crippen LogP contribution < -0.4 is 10.6 Å². The van der Waals surface area contributed by atoms with E-state index in [-0.39, 0.29) is 30.6 Å². The Morgan fingerprint density at radius 3 is 2.75 bits per heavy atom. The van der Waals surface area contributed by atoms with Crippen molar-refractivity contribution in [1.29, 1.82) is 0 Å². The zero-order valence-electron chi connectivity index (χ0n) is 24.8. The first-order valence-corrected chi connectivity index (χ1v) is 15.8. The van der Waals surface area contributed by atoms with E-state index in [1.54, 1.807) is 12.3 Å². The molecule has 2 fully saturated rings. The average molecular weight is 597 g/mol. The van der Waals surface area contributed by atoms with Gasteiger partial charge in [-0.2, -0.15) is 0 Å². The Kier molecular flexibility index (Phi) is 6.53. The van der Waals surface area contributed by atoms with Gasteiger partial charge in [-0.1, -0.05) is 19.1 Å². The normalized spacial score (nSPS) is 22.6. The van der Waals surface area contributed by atoms with Crippen molar-refractivity contribution in [2.45, 2.75) is 57.3 Å². The predicted octanol–water partition coefficient (Wildman–Crippen LogP) is 5.15. The van der Waals surface area contributed by atoms with Crippen LogP contribution >= 0.6 is 0 Å². The van der Waals surface area contributed by atoms with Gasteiger partial charge in [-0.05, 0) is 68.0 Å². The number of hydrogen-bond acceptors (Lipinski definition) is 6. The van der Waals surface area contributed by atoms with Crippen molar-refractivity contribution in [2.75, 3.05) is 31.1 Å². The van der Waals surface area contributed by atoms with Crippen molar-refractivity contribution >= 4 is 33.5 Å². The second-order valence-electron chi connectivity index (χ2n) is 12.6. The number of carbonyl (C=O) groups is 1. The number of fused-ring (bicyclic) bond motifs is 3. The lowest BCUT2D eigenvalue weighted by atomic mass is 10.1. The fourth-order valence-corrected chi connectivity index (χ4v) is 7.99. The van der Waals surface area contributed by atoms with Crippen molar-refractivity contribution in [3.8, 4) is 11.5 Å². The highest BCUT2D eigenvalue weighted by molar-refractivity contribution is 6.00. The Morgan fingerprint density at radius 1 is 1.14 bits per heavy atom. The summed E-state index contributed by atoms with van der Waals surface area (Å²) in [6.07, 6.45) is 5.14. The van der Waals surface area contributed by atoms with Gasteiger partial charge in [-0.3, -0.25) is 4.79 Å². The number of benzene rings is 2. The minimum atomic E-state index is -0.484. The number of nitrogens with zero attached hydrogens (tertiary/aromatic N) is 5. The van der Waals surface area contributed by atoms with Gasteiger partial charge in [-0.15, -0.1) is 0 Å². The maximum Gasteiger partial charge on any atom is 0.254 e. The molecule has 10 heteroatoms. The second-order valence-corrected chi connectivity index (χ2v) is 12.6. The zero-order valence-corrected chi connectivity index (χ0v) is 24.8. The van der Waals surface area contributed by atoms with Gasteiger partial charge in [0, 0.05) is 49.3 Å². The standard InChI is InChI=1S/C34H37FN6O3/c1-2-23-18-38(11-5-12-42)28-8-3-6-20-16-29(41(23)31(20)28)33-37-26-15-22(34(43)39-17-21-9-10-27(39)30(21)36)14-25(35)32(26)40(33)19-24-7-4-13-44-24/h3-4,6-8,13-16,21,23,27,30,42H,2,5,9-12,17-19,36H2,1H3/t21-,23?,27-,30-/m1/s1. The minimum absolute atomic E-state index is 0.0108. The molecule has 1 unspecified atom stereocenters. The number of aromatic nitrogens is 3. The van der Waals surface area contributed by atoms with Crippen molar-refractivity contribution in [1.82, 2.24) is 19.0 Å². The molecule has 1 amide bonds. The molecule has 1 aliphatic carbocycles. The van der Waals surface area contributed by atoms with E-state index in [0.29, 0.717) is 53.6 Å². The molecule has 3 aliphatic rings. The number of hydrogen-bond donors (Lipinski definition) is 2. The molecule has 228 valence electrons. The number of carbonyl (C=O) groups excluding carboxylic acids is 1. The molecule has 9 nitrogen and oxygen atoms in total. The summed E-state index contributed by atoms with van der Waals surface area (Å²) in [7, 11) is 0. The third-order valence-corrected chi connectivity index (χ3v) is 10.1. The van der Waals surface area contributed by atoms with Crippen LogP contribution in [0, 0.1) is 11.7 Å². The molecule has 2 aromatic carbocycles. The molecule has 1 saturated heterocycles. The largest absolute Gasteiger partial charge is 0.467 e. The van der Waals surface area contributed by atoms with Crippen molar-refractivity contribution in [2.24, 2.45) is 11.7 Å². The topological polar surface area (TPSA) is 106 Å². The molecular weight excluding hydrogens is 559 g/mol. The lowest BCUT2D eigenvalue weighted by Gasteiger charge is -2.36. The van der Waals surface area contributed by atoms with Crippen LogP contribution in [0.25, 0.3) is 33.5 Å². The molecule has 5 aromatic rings. The summed E-state index contributed by atoms with van der Waals surface area (Å²) in [5.41, 5.74) is 10.6. The maximum atomic E-state index is 16.2. The number of amides is 1. The summed E-state index contributed by atoms with van der Waals surface area (Å²) < 4.78 is 26.2. The summed E-state index contributed by atoms with van der Waals surface area (Å²) in [5, 5.41) is 10.6. The molecule has 3 N–H and O–H groups in total. The molecule has 0 radical (unpaired) electrons. The summed E-state index contributed by atoms with van der Waals surface area (Å²) in [4.78, 5) is 22.9. The van der Waals surface area contributed by atoms with Crippen molar-refractivity contribution < 1.29 is 18.7 Å². The first kappa shape index (κ1) is 27.4. The monoisotopic (exact) mass is 596 g/mol. The number of imidazole rings is 1. The number of halogens is 1. The van der Waals surface area contributed by atoms with Gasteiger partial charge in [-0.25, -0.2) is 9.37 Å². The van der Waals surface area contributed by atoms with Crippen LogP contribution in [0.3, 0.4) is 0 Å². The summed E-state index contributed by atoms with van der Waals surface area (Å²) in [5.74, 6) is 0.963. The number of piperidine rings is 1. The number of likely N-dealkylation sites (tertiary alicyclic amines) is 1. The third kappa shape index (κ3) is 4.11. The first-order chi connectivity index (χ1) is 21.5. The summed E-state index contributed by atoms with van der Waals surface area (Å²) in [6.45, 7) is 4.82. The van der Waals surface area contributed by atoms with Gasteiger partial charge in [0.25, 0.3) is 5.91 Å². The van der Waals surface area contributed by atoms with E-state index in [1.165, 1.54) is 6.07 Å². The van der Waals surface area contributed by atoms with Crippen LogP contribution in [0.2, 0.25) is 0 Å². The second kappa shape index (κ2) is 10.5. The van der Waals surface area contributed by atoms with E-state index >= 15 is 4.39 Å². The number of aliphatic hydroxyl groups is 1. The van der Waals surface area contributed by atoms with Crippen LogP contribution in [0.5, 0.6) is 0 Å². The number of para-hydroxylation sites is 1. The molecule has 3 aromatic heterocycles. The maximum absolute atomic E-state index is 16.2. The number of rotatable bonds is 8. The number of anilines is 1. The smallest absolute Gasteiger partial charge is 0.254 e. The van der Waals surface area contributed by atoms with Gasteiger partial charge < -0.3 is 34.2 Å². The Balaban J connectivity index is 1.30. The van der Waals surface area contributed by atoms with Gasteiger partial charge in [0.15, 0.2) is 5.82 Å². The Labute approximate surface area is 254 Å². The highest BCUT2D eigenvalue weighted by Gasteiger charge is 2.47. The molecule has 0 spiro atoms. The molecular formula is C34H37FN6O3. The third-order valence-electron chi connectivity index (χ3n) is 10.1. The molecule has 44 heavy (non-hydrogen) atoms. The van der Waals surface area contributed by atoms with Crippen LogP contribution in [0.15, 0.2) is 59.2 Å². The molecule has 5 heterocycles. The molecule has 2 bridgehead atoms. The van der Waals surface area contributed by atoms with Gasteiger partial charge in [0.2, 0.25) is 0 Å². The summed E-state index contributed by atoms with van der Waals surface area (Å²) in [6, 6.07) is 15.4. The number of aliphatic hydroxyl groups excluding tert-OH is 1. The van der Waals surface area contributed by atoms with E-state index in [4.69, 9.17) is 15.1 Å². The predicted molar refractivity (Wildman–Crippen MR) is 167 cm³/mol. The minimum Gasteiger partial charge on any atom is -0.467 e. The molecule has 2 aliphatic heterocycles.